The Balaban J connectivity index is 2.49. The zero-order chi connectivity index (χ0) is 15.0. The monoisotopic (exact) mass is 285 g/mol. The van der Waals surface area contributed by atoms with E-state index in [0.717, 1.165) is 17.1 Å². The highest BCUT2D eigenvalue weighted by Crippen LogP contribution is 2.03. The number of nitrogens with one attached hydrogen (secondary N) is 1. The number of ether oxygens (including phenoxy) is 1. The van der Waals surface area contributed by atoms with Crippen molar-refractivity contribution in [3.8, 4) is 0 Å². The number of aromatic nitrogens is 1. The molecule has 0 bridgehead atoms. The Bertz CT molecular complexity index is 446. The Morgan fingerprint density at radius 2 is 2.30 bits per heavy atom. The Morgan fingerprint density at radius 3 is 2.85 bits per heavy atom. The minimum absolute atomic E-state index is 0.113. The van der Waals surface area contributed by atoms with E-state index in [-0.39, 0.29) is 26.2 Å². The second kappa shape index (κ2) is 8.16. The van der Waals surface area contributed by atoms with Gasteiger partial charge in [-0.25, -0.2) is 9.78 Å². The first-order valence-corrected chi connectivity index (χ1v) is 6.23. The third-order valence-electron chi connectivity index (χ3n) is 2.52. The van der Waals surface area contributed by atoms with Gasteiger partial charge in [0.25, 0.3) is 0 Å². The van der Waals surface area contributed by atoms with Crippen LogP contribution in [-0.2, 0) is 22.5 Å². The average Bonchev–Trinajstić information content (AvgIpc) is 2.88. The lowest BCUT2D eigenvalue weighted by atomic mass is 10.4. The second-order valence-corrected chi connectivity index (χ2v) is 4.04. The Labute approximate surface area is 116 Å². The molecule has 0 spiro atoms. The van der Waals surface area contributed by atoms with Crippen LogP contribution in [0.25, 0.3) is 0 Å². The largest absolute Gasteiger partial charge is 0.480 e. The number of urea groups is 1. The number of oxazole rings is 1. The zero-order valence-corrected chi connectivity index (χ0v) is 11.6. The molecule has 0 aliphatic heterocycles. The number of methoxy groups -OCH3 is 1. The fourth-order valence-corrected chi connectivity index (χ4v) is 1.47. The normalized spacial score (nSPS) is 10.3. The summed E-state index contributed by atoms with van der Waals surface area (Å²) in [4.78, 5) is 27.7. The van der Waals surface area contributed by atoms with Gasteiger partial charge >= 0.3 is 12.0 Å². The number of carboxylic acid groups (broad SMARTS) is 1. The van der Waals surface area contributed by atoms with Crippen molar-refractivity contribution in [3.05, 3.63) is 17.8 Å². The molecule has 1 heterocycles. The van der Waals surface area contributed by atoms with Gasteiger partial charge in [-0.3, -0.25) is 4.79 Å². The third-order valence-corrected chi connectivity index (χ3v) is 2.52. The van der Waals surface area contributed by atoms with E-state index in [4.69, 9.17) is 14.3 Å². The van der Waals surface area contributed by atoms with Crippen LogP contribution in [0, 0.1) is 0 Å². The van der Waals surface area contributed by atoms with Gasteiger partial charge in [-0.05, 0) is 0 Å². The molecule has 112 valence electrons. The number of rotatable bonds is 8. The summed E-state index contributed by atoms with van der Waals surface area (Å²) in [5, 5.41) is 11.3. The fraction of sp³-hybridized carbons (Fsp3) is 0.583. The van der Waals surface area contributed by atoms with Crippen LogP contribution in [0.4, 0.5) is 4.79 Å². The second-order valence-electron chi connectivity index (χ2n) is 4.04. The molecule has 2 N–H and O–H groups in total. The molecule has 1 rings (SSSR count). The predicted molar refractivity (Wildman–Crippen MR) is 69.2 cm³/mol. The first kappa shape index (κ1) is 16.0. The van der Waals surface area contributed by atoms with E-state index in [1.807, 2.05) is 6.92 Å². The maximum absolute atomic E-state index is 11.9. The summed E-state index contributed by atoms with van der Waals surface area (Å²) >= 11 is 0. The van der Waals surface area contributed by atoms with Crippen LogP contribution in [0.3, 0.4) is 0 Å². The first-order valence-electron chi connectivity index (χ1n) is 6.23. The summed E-state index contributed by atoms with van der Waals surface area (Å²) in [6.07, 6.45) is 2.32. The molecular weight excluding hydrogens is 266 g/mol. The fourth-order valence-electron chi connectivity index (χ4n) is 1.47. The molecule has 0 radical (unpaired) electrons. The molecule has 1 aromatic heterocycles. The summed E-state index contributed by atoms with van der Waals surface area (Å²) < 4.78 is 10.2. The number of amides is 2. The highest BCUT2D eigenvalue weighted by atomic mass is 16.5. The predicted octanol–water partition coefficient (Wildman–Crippen LogP) is 0.480. The Hall–Kier alpha value is -2.09. The van der Waals surface area contributed by atoms with Gasteiger partial charge in [0, 0.05) is 20.1 Å². The van der Waals surface area contributed by atoms with E-state index in [1.54, 1.807) is 6.20 Å². The van der Waals surface area contributed by atoms with E-state index in [1.165, 1.54) is 7.11 Å². The van der Waals surface area contributed by atoms with Crippen molar-refractivity contribution in [3.63, 3.8) is 0 Å². The zero-order valence-electron chi connectivity index (χ0n) is 11.6. The topological polar surface area (TPSA) is 105 Å². The van der Waals surface area contributed by atoms with Crippen molar-refractivity contribution in [1.82, 2.24) is 15.2 Å². The summed E-state index contributed by atoms with van der Waals surface area (Å²) in [6.45, 7) is 2.12. The summed E-state index contributed by atoms with van der Waals surface area (Å²) in [6, 6.07) is -0.499. The summed E-state index contributed by atoms with van der Waals surface area (Å²) in [5.74, 6) is 0.0360. The summed E-state index contributed by atoms with van der Waals surface area (Å²) in [5.41, 5.74) is 0. The van der Waals surface area contributed by atoms with Gasteiger partial charge in [0.05, 0.1) is 19.3 Å². The van der Waals surface area contributed by atoms with Gasteiger partial charge in [0.15, 0.2) is 0 Å². The number of hydrogen-bond acceptors (Lipinski definition) is 5. The molecule has 0 saturated carbocycles. The Kier molecular flexibility index (Phi) is 6.51. The van der Waals surface area contributed by atoms with Crippen molar-refractivity contribution in [2.75, 3.05) is 26.8 Å². The lowest BCUT2D eigenvalue weighted by Gasteiger charge is -2.20. The van der Waals surface area contributed by atoms with E-state index in [2.05, 4.69) is 10.3 Å². The smallest absolute Gasteiger partial charge is 0.323 e. The molecule has 20 heavy (non-hydrogen) atoms. The van der Waals surface area contributed by atoms with Crippen LogP contribution >= 0.6 is 0 Å². The van der Waals surface area contributed by atoms with E-state index in [9.17, 15) is 9.59 Å². The molecule has 0 atom stereocenters. The lowest BCUT2D eigenvalue weighted by Crippen LogP contribution is -2.44. The number of hydrogen-bond donors (Lipinski definition) is 2. The average molecular weight is 285 g/mol. The number of aliphatic carboxylic acids is 1. The quantitative estimate of drug-likeness (QED) is 0.719. The molecule has 0 unspecified atom stereocenters. The van der Waals surface area contributed by atoms with Gasteiger partial charge in [-0.15, -0.1) is 0 Å². The van der Waals surface area contributed by atoms with Gasteiger partial charge in [-0.2, -0.15) is 0 Å². The van der Waals surface area contributed by atoms with Crippen molar-refractivity contribution < 1.29 is 23.8 Å². The van der Waals surface area contributed by atoms with Crippen LogP contribution in [0.15, 0.2) is 10.6 Å². The third kappa shape index (κ3) is 5.27. The Morgan fingerprint density at radius 1 is 1.55 bits per heavy atom. The molecule has 0 fully saturated rings. The molecule has 1 aromatic rings. The lowest BCUT2D eigenvalue weighted by molar-refractivity contribution is -0.137. The summed E-state index contributed by atoms with van der Waals surface area (Å²) in [7, 11) is 1.48. The van der Waals surface area contributed by atoms with Crippen LogP contribution in [0.5, 0.6) is 0 Å². The van der Waals surface area contributed by atoms with Gasteiger partial charge in [-0.1, -0.05) is 6.92 Å². The van der Waals surface area contributed by atoms with E-state index >= 15 is 0 Å². The number of carbonyl (C=O) groups excluding carboxylic acids is 1. The molecular formula is C12H19N3O5. The van der Waals surface area contributed by atoms with Crippen LogP contribution in [0.2, 0.25) is 0 Å². The van der Waals surface area contributed by atoms with E-state index in [0.29, 0.717) is 5.89 Å². The minimum atomic E-state index is -1.08. The van der Waals surface area contributed by atoms with Crippen molar-refractivity contribution in [1.29, 1.82) is 0 Å². The van der Waals surface area contributed by atoms with Crippen LogP contribution < -0.4 is 5.32 Å². The van der Waals surface area contributed by atoms with Crippen molar-refractivity contribution in [2.45, 2.75) is 19.9 Å². The maximum atomic E-state index is 11.9. The van der Waals surface area contributed by atoms with Gasteiger partial charge in [0.1, 0.15) is 12.3 Å². The number of aryl methyl sites for hydroxylation is 1. The van der Waals surface area contributed by atoms with Gasteiger partial charge < -0.3 is 24.5 Å². The molecule has 0 saturated heterocycles. The first-order chi connectivity index (χ1) is 9.56. The number of carboxylic acids is 1. The molecule has 8 heteroatoms. The highest BCUT2D eigenvalue weighted by Gasteiger charge is 2.16. The maximum Gasteiger partial charge on any atom is 0.323 e. The molecule has 0 aliphatic carbocycles. The standard InChI is InChI=1S/C12H19N3O5/c1-3-9-6-13-10(20-9)7-14-12(18)15(4-5-19-2)8-11(16)17/h6H,3-5,7-8H2,1-2H3,(H,14,18)(H,16,17). The van der Waals surface area contributed by atoms with Crippen molar-refractivity contribution in [2.24, 2.45) is 0 Å². The molecule has 0 aromatic carbocycles. The minimum Gasteiger partial charge on any atom is -0.480 e. The van der Waals surface area contributed by atoms with Gasteiger partial charge in [0.2, 0.25) is 5.89 Å². The highest BCUT2D eigenvalue weighted by molar-refractivity contribution is 5.79. The van der Waals surface area contributed by atoms with E-state index < -0.39 is 12.0 Å². The van der Waals surface area contributed by atoms with Crippen molar-refractivity contribution >= 4 is 12.0 Å². The number of nitrogens with zero attached hydrogens (tertiary/aromatic N) is 2. The van der Waals surface area contributed by atoms with Crippen LogP contribution in [0.1, 0.15) is 18.6 Å². The number of carbonyl (C=O) groups is 2. The molecule has 2 amide bonds. The SMILES string of the molecule is CCc1cnc(CNC(=O)N(CCOC)CC(=O)O)o1. The van der Waals surface area contributed by atoms with Crippen LogP contribution in [-0.4, -0.2) is 53.8 Å². The molecule has 0 aliphatic rings. The molecule has 8 nitrogen and oxygen atoms in total.